The second kappa shape index (κ2) is 7.47. The van der Waals surface area contributed by atoms with Crippen LogP contribution in [0.5, 0.6) is 5.75 Å². The maximum absolute atomic E-state index is 9.75. The Labute approximate surface area is 132 Å². The van der Waals surface area contributed by atoms with Crippen LogP contribution in [0.15, 0.2) is 30.5 Å². The zero-order chi connectivity index (χ0) is 16.1. The van der Waals surface area contributed by atoms with Crippen molar-refractivity contribution in [2.24, 2.45) is 5.92 Å². The number of rotatable bonds is 7. The fourth-order valence-electron chi connectivity index (χ4n) is 2.65. The number of hydrogen-bond acceptors (Lipinski definition) is 3. The van der Waals surface area contributed by atoms with Crippen LogP contribution in [0.3, 0.4) is 0 Å². The van der Waals surface area contributed by atoms with Gasteiger partial charge in [-0.25, -0.2) is 0 Å². The summed E-state index contributed by atoms with van der Waals surface area (Å²) >= 11 is 0. The van der Waals surface area contributed by atoms with Gasteiger partial charge in [-0.2, -0.15) is 0 Å². The highest BCUT2D eigenvalue weighted by atomic mass is 16.5. The first-order valence-corrected chi connectivity index (χ1v) is 7.79. The van der Waals surface area contributed by atoms with Crippen LogP contribution in [0.1, 0.15) is 25.8 Å². The molecule has 0 amide bonds. The van der Waals surface area contributed by atoms with Gasteiger partial charge in [0.05, 0.1) is 25.3 Å². The minimum atomic E-state index is -0.104. The molecule has 4 heteroatoms. The average molecular weight is 302 g/mol. The average Bonchev–Trinajstić information content (AvgIpc) is 3.02. The number of fused-ring (bicyclic) bond motifs is 1. The van der Waals surface area contributed by atoms with E-state index in [9.17, 15) is 5.11 Å². The summed E-state index contributed by atoms with van der Waals surface area (Å²) < 4.78 is 5.44. The third-order valence-electron chi connectivity index (χ3n) is 4.19. The number of likely N-dealkylation sites (N-methyl/N-ethyl adjacent to an activating group) is 1. The van der Waals surface area contributed by atoms with Crippen LogP contribution >= 0.6 is 0 Å². The summed E-state index contributed by atoms with van der Waals surface area (Å²) in [4.78, 5) is 3.31. The lowest BCUT2D eigenvalue weighted by Crippen LogP contribution is -2.30. The number of H-pyrrole nitrogens is 1. The lowest BCUT2D eigenvalue weighted by atomic mass is 9.92. The smallest absolute Gasteiger partial charge is 0.120 e. The quantitative estimate of drug-likeness (QED) is 0.736. The van der Waals surface area contributed by atoms with Gasteiger partial charge in [0.15, 0.2) is 0 Å². The number of hydrogen-bond donors (Lipinski definition) is 3. The molecule has 0 spiro atoms. The fraction of sp³-hybridized carbons (Fsp3) is 0.444. The molecule has 2 rings (SSSR count). The fourth-order valence-corrected chi connectivity index (χ4v) is 2.65. The zero-order valence-electron chi connectivity index (χ0n) is 13.8. The van der Waals surface area contributed by atoms with Gasteiger partial charge in [0.2, 0.25) is 0 Å². The van der Waals surface area contributed by atoms with Crippen LogP contribution in [0, 0.1) is 5.92 Å². The van der Waals surface area contributed by atoms with Crippen LogP contribution < -0.4 is 10.1 Å². The van der Waals surface area contributed by atoms with E-state index in [0.29, 0.717) is 5.92 Å². The van der Waals surface area contributed by atoms with E-state index in [1.807, 2.05) is 31.4 Å². The zero-order valence-corrected chi connectivity index (χ0v) is 13.8. The highest BCUT2D eigenvalue weighted by Gasteiger charge is 2.18. The van der Waals surface area contributed by atoms with Crippen molar-refractivity contribution in [3.8, 4) is 5.75 Å². The number of aliphatic hydroxyl groups excluding tert-OH is 1. The molecule has 0 bridgehead atoms. The van der Waals surface area contributed by atoms with E-state index in [-0.39, 0.29) is 12.6 Å². The van der Waals surface area contributed by atoms with Crippen molar-refractivity contribution in [3.05, 3.63) is 36.0 Å². The van der Waals surface area contributed by atoms with Gasteiger partial charge in [-0.15, -0.1) is 0 Å². The third-order valence-corrected chi connectivity index (χ3v) is 4.19. The van der Waals surface area contributed by atoms with E-state index in [2.05, 4.69) is 30.2 Å². The van der Waals surface area contributed by atoms with Gasteiger partial charge in [-0.3, -0.25) is 0 Å². The Morgan fingerprint density at radius 2 is 2.23 bits per heavy atom. The molecule has 0 radical (unpaired) electrons. The van der Waals surface area contributed by atoms with Gasteiger partial charge in [-0.1, -0.05) is 26.3 Å². The van der Waals surface area contributed by atoms with E-state index >= 15 is 0 Å². The normalized spacial score (nSPS) is 15.0. The molecule has 0 aliphatic heterocycles. The maximum Gasteiger partial charge on any atom is 0.120 e. The minimum absolute atomic E-state index is 0.0537. The van der Waals surface area contributed by atoms with Crippen LogP contribution in [0.2, 0.25) is 0 Å². The van der Waals surface area contributed by atoms with Crippen molar-refractivity contribution in [2.45, 2.75) is 26.3 Å². The van der Waals surface area contributed by atoms with E-state index in [1.165, 1.54) is 0 Å². The first-order valence-electron chi connectivity index (χ1n) is 7.79. The molecule has 120 valence electrons. The molecule has 0 aliphatic rings. The summed E-state index contributed by atoms with van der Waals surface area (Å²) in [7, 11) is 3.55. The molecule has 1 aromatic heterocycles. The van der Waals surface area contributed by atoms with Crippen molar-refractivity contribution >= 4 is 16.5 Å². The van der Waals surface area contributed by atoms with Crippen LogP contribution in [0.4, 0.5) is 0 Å². The van der Waals surface area contributed by atoms with Crippen molar-refractivity contribution in [2.75, 3.05) is 20.8 Å². The maximum atomic E-state index is 9.75. The van der Waals surface area contributed by atoms with E-state index in [1.54, 1.807) is 7.11 Å². The summed E-state index contributed by atoms with van der Waals surface area (Å²) in [6.07, 6.45) is 5.23. The summed E-state index contributed by atoms with van der Waals surface area (Å²) in [6.45, 7) is 4.41. The number of benzene rings is 1. The number of nitrogens with one attached hydrogen (secondary N) is 2. The first kappa shape index (κ1) is 16.6. The number of aromatic amines is 1. The van der Waals surface area contributed by atoms with Crippen molar-refractivity contribution in [1.29, 1.82) is 0 Å². The molecule has 0 unspecified atom stereocenters. The molecule has 1 aromatic carbocycles. The van der Waals surface area contributed by atoms with Crippen molar-refractivity contribution < 1.29 is 9.84 Å². The lowest BCUT2D eigenvalue weighted by Gasteiger charge is -2.21. The summed E-state index contributed by atoms with van der Waals surface area (Å²) in [5.41, 5.74) is 3.25. The molecule has 0 aliphatic carbocycles. The molecule has 2 aromatic rings. The third kappa shape index (κ3) is 3.34. The van der Waals surface area contributed by atoms with E-state index < -0.39 is 0 Å². The number of methoxy groups -OCH3 is 1. The van der Waals surface area contributed by atoms with E-state index in [0.717, 1.165) is 34.2 Å². The van der Waals surface area contributed by atoms with E-state index in [4.69, 9.17) is 4.74 Å². The number of aliphatic hydroxyl groups is 1. The summed E-state index contributed by atoms with van der Waals surface area (Å²) in [6, 6.07) is 5.99. The number of aromatic nitrogens is 1. The molecule has 0 saturated heterocycles. The Morgan fingerprint density at radius 3 is 2.82 bits per heavy atom. The van der Waals surface area contributed by atoms with Crippen molar-refractivity contribution in [3.63, 3.8) is 0 Å². The number of ether oxygens (including phenoxy) is 1. The van der Waals surface area contributed by atoms with Gasteiger partial charge >= 0.3 is 0 Å². The van der Waals surface area contributed by atoms with Gasteiger partial charge in [0.25, 0.3) is 0 Å². The van der Waals surface area contributed by atoms with Gasteiger partial charge in [0, 0.05) is 17.1 Å². The summed E-state index contributed by atoms with van der Waals surface area (Å²) in [5.74, 6) is 1.26. The molecule has 2 atom stereocenters. The Bertz CT molecular complexity index is 642. The molecule has 0 fully saturated rings. The Balaban J connectivity index is 2.64. The van der Waals surface area contributed by atoms with Crippen LogP contribution in [0.25, 0.3) is 16.5 Å². The topological polar surface area (TPSA) is 57.3 Å². The standard InChI is InChI=1S/C18H26N2O2/c1-5-12(2)8-15(17(11-21)19-3)16-10-14(22-4)9-13-6-7-20-18(13)16/h6-10,12,17,19-21H,5,11H2,1-4H3/b15-8-/t12-,17+/m0/s1. The first-order chi connectivity index (χ1) is 10.6. The Kier molecular flexibility index (Phi) is 5.63. The molecule has 22 heavy (non-hydrogen) atoms. The predicted octanol–water partition coefficient (Wildman–Crippen LogP) is 3.19. The molecule has 4 nitrogen and oxygen atoms in total. The molecular formula is C18H26N2O2. The van der Waals surface area contributed by atoms with Crippen LogP contribution in [-0.2, 0) is 0 Å². The summed E-state index contributed by atoms with van der Waals surface area (Å²) in [5, 5.41) is 14.1. The molecule has 1 heterocycles. The highest BCUT2D eigenvalue weighted by molar-refractivity contribution is 5.93. The van der Waals surface area contributed by atoms with Crippen molar-refractivity contribution in [1.82, 2.24) is 10.3 Å². The molecular weight excluding hydrogens is 276 g/mol. The second-order valence-corrected chi connectivity index (χ2v) is 5.65. The monoisotopic (exact) mass is 302 g/mol. The molecule has 3 N–H and O–H groups in total. The predicted molar refractivity (Wildman–Crippen MR) is 92.2 cm³/mol. The minimum Gasteiger partial charge on any atom is -0.497 e. The van der Waals surface area contributed by atoms with Gasteiger partial charge in [-0.05, 0) is 36.7 Å². The lowest BCUT2D eigenvalue weighted by molar-refractivity contribution is 0.273. The second-order valence-electron chi connectivity index (χ2n) is 5.65. The Morgan fingerprint density at radius 1 is 1.45 bits per heavy atom. The largest absolute Gasteiger partial charge is 0.497 e. The van der Waals surface area contributed by atoms with Crippen LogP contribution in [-0.4, -0.2) is 36.9 Å². The SMILES string of the molecule is CC[C@H](C)/C=C(/c1cc(OC)cc2cc[nH]c12)[C@@H](CO)NC. The van der Waals surface area contributed by atoms with Gasteiger partial charge in [0.1, 0.15) is 5.75 Å². The molecule has 0 saturated carbocycles. The Hall–Kier alpha value is -1.78. The van der Waals surface area contributed by atoms with Gasteiger partial charge < -0.3 is 20.1 Å². The number of allylic oxidation sites excluding steroid dienone is 1. The highest BCUT2D eigenvalue weighted by Crippen LogP contribution is 2.32.